The maximum absolute atomic E-state index is 14.4. The fourth-order valence-electron chi connectivity index (χ4n) is 3.24. The van der Waals surface area contributed by atoms with Crippen molar-refractivity contribution >= 4 is 30.1 Å². The Hall–Kier alpha value is -3.50. The number of hydrogen-bond acceptors (Lipinski definition) is 6. The first-order valence-electron chi connectivity index (χ1n) is 11.3. The van der Waals surface area contributed by atoms with Crippen molar-refractivity contribution < 1.29 is 40.9 Å². The lowest BCUT2D eigenvalue weighted by Crippen LogP contribution is -2.23. The number of nitrogens with one attached hydrogen (secondary N) is 1. The molecule has 3 aromatic rings. The standard InChI is InChI=1S/C26H24F2NO7PS/c1-3-35-37(32)16-19-6-4-18(5-7-19)15-29-38(33,34)22-10-8-21(9-11-22)36-25-23(27)13-20(14-24(25)28)12-17(2)26(30)31/h4-14,29H,3,15-16H2,1-2H3/p+1/b17-12+. The van der Waals surface area contributed by atoms with Gasteiger partial charge in [0.15, 0.2) is 17.4 Å². The molecule has 3 aromatic carbocycles. The van der Waals surface area contributed by atoms with Crippen LogP contribution < -0.4 is 9.46 Å². The number of aliphatic carboxylic acids is 1. The molecule has 0 aliphatic carbocycles. The Morgan fingerprint density at radius 3 is 2.16 bits per heavy atom. The van der Waals surface area contributed by atoms with Crippen LogP contribution in [0.2, 0.25) is 0 Å². The van der Waals surface area contributed by atoms with E-state index in [4.69, 9.17) is 14.4 Å². The molecule has 1 unspecified atom stereocenters. The van der Waals surface area contributed by atoms with Crippen molar-refractivity contribution in [3.05, 3.63) is 94.6 Å². The van der Waals surface area contributed by atoms with Crippen LogP contribution in [0.5, 0.6) is 11.5 Å². The summed E-state index contributed by atoms with van der Waals surface area (Å²) in [6.07, 6.45) is 1.38. The molecule has 2 N–H and O–H groups in total. The van der Waals surface area contributed by atoms with E-state index in [1.165, 1.54) is 31.2 Å². The molecular formula is C26H25F2NO7PS+. The Bertz CT molecular complexity index is 1430. The minimum Gasteiger partial charge on any atom is -0.478 e. The third-order valence-corrected chi connectivity index (χ3v) is 7.76. The molecule has 0 aliphatic heterocycles. The van der Waals surface area contributed by atoms with Crippen molar-refractivity contribution in [1.82, 2.24) is 4.72 Å². The van der Waals surface area contributed by atoms with E-state index in [2.05, 4.69) is 4.72 Å². The zero-order chi connectivity index (χ0) is 27.9. The Morgan fingerprint density at radius 2 is 1.61 bits per heavy atom. The molecule has 0 saturated carbocycles. The maximum atomic E-state index is 14.4. The molecule has 3 rings (SSSR count). The third kappa shape index (κ3) is 8.00. The van der Waals surface area contributed by atoms with Crippen LogP contribution in [0.15, 0.2) is 71.1 Å². The average molecular weight is 565 g/mol. The lowest BCUT2D eigenvalue weighted by atomic mass is 10.1. The summed E-state index contributed by atoms with van der Waals surface area (Å²) in [5.74, 6) is -4.04. The molecule has 0 aliphatic rings. The van der Waals surface area contributed by atoms with Crippen LogP contribution >= 0.6 is 8.03 Å². The van der Waals surface area contributed by atoms with Crippen molar-refractivity contribution in [3.63, 3.8) is 0 Å². The fraction of sp³-hybridized carbons (Fsp3) is 0.192. The normalized spacial score (nSPS) is 12.3. The number of sulfonamides is 1. The molecule has 0 heterocycles. The van der Waals surface area contributed by atoms with Crippen LogP contribution in [0.1, 0.15) is 30.5 Å². The summed E-state index contributed by atoms with van der Waals surface area (Å²) in [6.45, 7) is 3.42. The van der Waals surface area contributed by atoms with Gasteiger partial charge >= 0.3 is 14.0 Å². The highest BCUT2D eigenvalue weighted by molar-refractivity contribution is 7.89. The predicted molar refractivity (Wildman–Crippen MR) is 138 cm³/mol. The van der Waals surface area contributed by atoms with Crippen molar-refractivity contribution in [2.75, 3.05) is 6.61 Å². The molecule has 8 nitrogen and oxygen atoms in total. The fourth-order valence-corrected chi connectivity index (χ4v) is 5.15. The smallest absolute Gasteiger partial charge is 0.478 e. The molecule has 0 saturated heterocycles. The second kappa shape index (κ2) is 12.8. The lowest BCUT2D eigenvalue weighted by Gasteiger charge is -2.11. The number of hydrogen-bond donors (Lipinski definition) is 2. The minimum atomic E-state index is -3.90. The van der Waals surface area contributed by atoms with Gasteiger partial charge in [-0.1, -0.05) is 24.3 Å². The second-order valence-electron chi connectivity index (χ2n) is 8.07. The highest BCUT2D eigenvalue weighted by Gasteiger charge is 2.18. The summed E-state index contributed by atoms with van der Waals surface area (Å²) in [5.41, 5.74) is 1.40. The van der Waals surface area contributed by atoms with Crippen LogP contribution in [0.4, 0.5) is 8.78 Å². The van der Waals surface area contributed by atoms with E-state index >= 15 is 0 Å². The Balaban J connectivity index is 1.65. The summed E-state index contributed by atoms with van der Waals surface area (Å²) in [4.78, 5) is 10.8. The van der Waals surface area contributed by atoms with Gasteiger partial charge < -0.3 is 9.84 Å². The number of halogens is 2. The van der Waals surface area contributed by atoms with Gasteiger partial charge in [-0.05, 0) is 72.0 Å². The van der Waals surface area contributed by atoms with E-state index in [1.54, 1.807) is 31.2 Å². The van der Waals surface area contributed by atoms with Crippen molar-refractivity contribution in [2.45, 2.75) is 31.4 Å². The minimum absolute atomic E-state index is 0.00673. The van der Waals surface area contributed by atoms with Crippen LogP contribution in [-0.2, 0) is 36.6 Å². The molecule has 0 fully saturated rings. The van der Waals surface area contributed by atoms with Crippen molar-refractivity contribution in [1.29, 1.82) is 0 Å². The number of benzene rings is 3. The van der Waals surface area contributed by atoms with Gasteiger partial charge in [0.2, 0.25) is 16.2 Å². The van der Waals surface area contributed by atoms with Crippen LogP contribution in [0.25, 0.3) is 6.08 Å². The van der Waals surface area contributed by atoms with Gasteiger partial charge in [-0.3, -0.25) is 0 Å². The quantitative estimate of drug-likeness (QED) is 0.205. The first kappa shape index (κ1) is 29.1. The third-order valence-electron chi connectivity index (χ3n) is 5.17. The highest BCUT2D eigenvalue weighted by Crippen LogP contribution is 2.30. The van der Waals surface area contributed by atoms with Gasteiger partial charge in [-0.15, -0.1) is 4.52 Å². The Morgan fingerprint density at radius 1 is 1.03 bits per heavy atom. The summed E-state index contributed by atoms with van der Waals surface area (Å²) in [5, 5.41) is 8.91. The summed E-state index contributed by atoms with van der Waals surface area (Å²) < 4.78 is 78.7. The summed E-state index contributed by atoms with van der Waals surface area (Å²) in [7, 11) is -5.69. The molecule has 0 bridgehead atoms. The first-order valence-corrected chi connectivity index (χ1v) is 14.2. The number of carbonyl (C=O) groups is 1. The van der Waals surface area contributed by atoms with E-state index in [9.17, 15) is 26.6 Å². The SMILES string of the molecule is CCO[P+](=O)Cc1ccc(CNS(=O)(=O)c2ccc(Oc3c(F)cc(/C=C(\C)C(=O)O)cc3F)cc2)cc1. The van der Waals surface area contributed by atoms with E-state index in [-0.39, 0.29) is 34.5 Å². The number of carboxylic acid groups (broad SMARTS) is 1. The monoisotopic (exact) mass is 564 g/mol. The van der Waals surface area contributed by atoms with Crippen LogP contribution in [0.3, 0.4) is 0 Å². The van der Waals surface area contributed by atoms with Gasteiger partial charge in [0.05, 0.1) is 11.5 Å². The largest absolute Gasteiger partial charge is 0.512 e. The van der Waals surface area contributed by atoms with Gasteiger partial charge in [-0.25, -0.2) is 26.7 Å². The van der Waals surface area contributed by atoms with Crippen molar-refractivity contribution in [3.8, 4) is 11.5 Å². The van der Waals surface area contributed by atoms with Gasteiger partial charge in [0, 0.05) is 17.7 Å². The Kier molecular flexibility index (Phi) is 9.82. The summed E-state index contributed by atoms with van der Waals surface area (Å²) in [6, 6.07) is 13.8. The van der Waals surface area contributed by atoms with E-state index in [0.29, 0.717) is 12.2 Å². The van der Waals surface area contributed by atoms with E-state index < -0.39 is 41.4 Å². The topological polar surface area (TPSA) is 119 Å². The number of ether oxygens (including phenoxy) is 1. The van der Waals surface area contributed by atoms with Gasteiger partial charge in [0.25, 0.3) is 0 Å². The molecule has 0 spiro atoms. The molecule has 38 heavy (non-hydrogen) atoms. The zero-order valence-electron chi connectivity index (χ0n) is 20.5. The number of carboxylic acids is 1. The molecular weight excluding hydrogens is 539 g/mol. The molecule has 0 radical (unpaired) electrons. The van der Waals surface area contributed by atoms with Gasteiger partial charge in [0.1, 0.15) is 5.75 Å². The van der Waals surface area contributed by atoms with E-state index in [0.717, 1.165) is 23.8 Å². The molecule has 200 valence electrons. The Labute approximate surface area is 219 Å². The predicted octanol–water partition coefficient (Wildman–Crippen LogP) is 6.00. The average Bonchev–Trinajstić information content (AvgIpc) is 2.86. The van der Waals surface area contributed by atoms with E-state index in [1.807, 2.05) is 0 Å². The molecule has 12 heteroatoms. The van der Waals surface area contributed by atoms with Gasteiger partial charge in [-0.2, -0.15) is 0 Å². The zero-order valence-corrected chi connectivity index (χ0v) is 22.2. The number of rotatable bonds is 12. The maximum Gasteiger partial charge on any atom is 0.512 e. The summed E-state index contributed by atoms with van der Waals surface area (Å²) >= 11 is 0. The first-order chi connectivity index (χ1) is 18.0. The van der Waals surface area contributed by atoms with Crippen LogP contribution in [0, 0.1) is 11.6 Å². The second-order valence-corrected chi connectivity index (χ2v) is 11.1. The molecule has 1 atom stereocenters. The van der Waals surface area contributed by atoms with Crippen molar-refractivity contribution in [2.24, 2.45) is 0 Å². The molecule has 0 amide bonds. The van der Waals surface area contributed by atoms with Crippen LogP contribution in [-0.4, -0.2) is 26.1 Å². The highest BCUT2D eigenvalue weighted by atomic mass is 32.2. The lowest BCUT2D eigenvalue weighted by molar-refractivity contribution is -0.132. The molecule has 0 aromatic heterocycles.